The first-order valence-electron chi connectivity index (χ1n) is 4.91. The second-order valence-electron chi connectivity index (χ2n) is 3.76. The number of rotatable bonds is 4. The third-order valence-corrected chi connectivity index (χ3v) is 2.14. The van der Waals surface area contributed by atoms with Crippen LogP contribution in [0.1, 0.15) is 11.1 Å². The Morgan fingerprint density at radius 2 is 2.13 bits per heavy atom. The Labute approximate surface area is 91.9 Å². The minimum atomic E-state index is 0.671. The highest BCUT2D eigenvalue weighted by Gasteiger charge is 2.04. The van der Waals surface area contributed by atoms with Crippen molar-refractivity contribution in [1.29, 1.82) is 0 Å². The molecule has 0 aromatic heterocycles. The second kappa shape index (κ2) is 5.43. The highest BCUT2D eigenvalue weighted by atomic mass is 16.5. The van der Waals surface area contributed by atoms with Crippen molar-refractivity contribution in [2.24, 2.45) is 0 Å². The van der Waals surface area contributed by atoms with Crippen LogP contribution in [0.4, 0.5) is 0 Å². The van der Waals surface area contributed by atoms with Crippen LogP contribution >= 0.6 is 0 Å². The third-order valence-electron chi connectivity index (χ3n) is 2.14. The standard InChI is InChI=1S/C13H17NO/c1-5-6-11-7-8-13(15-4)12(9-11)10-14(2)3/h1,7-9H,6,10H2,2-4H3. The molecule has 0 saturated carbocycles. The summed E-state index contributed by atoms with van der Waals surface area (Å²) in [5.41, 5.74) is 2.34. The van der Waals surface area contributed by atoms with Crippen LogP contribution < -0.4 is 4.74 Å². The van der Waals surface area contributed by atoms with Crippen LogP contribution in [0.25, 0.3) is 0 Å². The van der Waals surface area contributed by atoms with E-state index in [0.29, 0.717) is 6.42 Å². The molecule has 2 heteroatoms. The molecular formula is C13H17NO. The van der Waals surface area contributed by atoms with E-state index in [4.69, 9.17) is 11.2 Å². The quantitative estimate of drug-likeness (QED) is 0.693. The summed E-state index contributed by atoms with van der Waals surface area (Å²) in [6.45, 7) is 0.863. The maximum absolute atomic E-state index is 5.30. The average molecular weight is 203 g/mol. The Morgan fingerprint density at radius 3 is 2.67 bits per heavy atom. The lowest BCUT2D eigenvalue weighted by Crippen LogP contribution is -2.11. The minimum Gasteiger partial charge on any atom is -0.496 e. The van der Waals surface area contributed by atoms with Crippen LogP contribution in [-0.2, 0) is 13.0 Å². The summed E-state index contributed by atoms with van der Waals surface area (Å²) in [6.07, 6.45) is 5.96. The van der Waals surface area contributed by atoms with E-state index < -0.39 is 0 Å². The number of ether oxygens (including phenoxy) is 1. The molecule has 0 amide bonds. The van der Waals surface area contributed by atoms with E-state index in [-0.39, 0.29) is 0 Å². The summed E-state index contributed by atoms with van der Waals surface area (Å²) >= 11 is 0. The molecule has 2 nitrogen and oxygen atoms in total. The monoisotopic (exact) mass is 203 g/mol. The van der Waals surface area contributed by atoms with Gasteiger partial charge >= 0.3 is 0 Å². The lowest BCUT2D eigenvalue weighted by Gasteiger charge is -2.14. The molecule has 1 rings (SSSR count). The zero-order valence-corrected chi connectivity index (χ0v) is 9.58. The Balaban J connectivity index is 2.97. The highest BCUT2D eigenvalue weighted by molar-refractivity contribution is 5.38. The Bertz CT molecular complexity index is 363. The van der Waals surface area contributed by atoms with Crippen molar-refractivity contribution in [2.45, 2.75) is 13.0 Å². The second-order valence-corrected chi connectivity index (χ2v) is 3.76. The number of hydrogen-bond acceptors (Lipinski definition) is 2. The van der Waals surface area contributed by atoms with Crippen LogP contribution in [-0.4, -0.2) is 26.1 Å². The van der Waals surface area contributed by atoms with Gasteiger partial charge in [-0.25, -0.2) is 0 Å². The lowest BCUT2D eigenvalue weighted by atomic mass is 10.1. The maximum atomic E-state index is 5.30. The molecule has 1 aromatic carbocycles. The van der Waals surface area contributed by atoms with E-state index in [9.17, 15) is 0 Å². The van der Waals surface area contributed by atoms with Crippen molar-refractivity contribution in [3.8, 4) is 18.1 Å². The van der Waals surface area contributed by atoms with Crippen molar-refractivity contribution >= 4 is 0 Å². The molecule has 0 unspecified atom stereocenters. The summed E-state index contributed by atoms with van der Waals surface area (Å²) in [5, 5.41) is 0. The molecule has 0 saturated heterocycles. The van der Waals surface area contributed by atoms with Crippen molar-refractivity contribution in [1.82, 2.24) is 4.90 Å². The van der Waals surface area contributed by atoms with Crippen molar-refractivity contribution in [3.05, 3.63) is 29.3 Å². The van der Waals surface area contributed by atoms with Crippen LogP contribution in [0.3, 0.4) is 0 Å². The van der Waals surface area contributed by atoms with Gasteiger partial charge in [0.25, 0.3) is 0 Å². The topological polar surface area (TPSA) is 12.5 Å². The zero-order valence-electron chi connectivity index (χ0n) is 9.58. The number of methoxy groups -OCH3 is 1. The van der Waals surface area contributed by atoms with E-state index in [1.807, 2.05) is 26.2 Å². The first-order valence-corrected chi connectivity index (χ1v) is 4.91. The molecule has 15 heavy (non-hydrogen) atoms. The van der Waals surface area contributed by atoms with E-state index in [1.54, 1.807) is 7.11 Å². The normalized spacial score (nSPS) is 10.1. The van der Waals surface area contributed by atoms with Gasteiger partial charge in [-0.15, -0.1) is 12.3 Å². The molecule has 0 N–H and O–H groups in total. The summed E-state index contributed by atoms with van der Waals surface area (Å²) < 4.78 is 5.30. The first-order chi connectivity index (χ1) is 7.17. The Kier molecular flexibility index (Phi) is 4.20. The molecule has 1 aromatic rings. The number of terminal acetylenes is 1. The minimum absolute atomic E-state index is 0.671. The third kappa shape index (κ3) is 3.30. The molecule has 0 heterocycles. The zero-order chi connectivity index (χ0) is 11.3. The predicted octanol–water partition coefficient (Wildman–Crippen LogP) is 1.93. The summed E-state index contributed by atoms with van der Waals surface area (Å²) in [5.74, 6) is 3.57. The molecule has 0 fully saturated rings. The smallest absolute Gasteiger partial charge is 0.123 e. The van der Waals surface area contributed by atoms with Gasteiger partial charge in [0.2, 0.25) is 0 Å². The Hall–Kier alpha value is -1.46. The van der Waals surface area contributed by atoms with Crippen molar-refractivity contribution in [3.63, 3.8) is 0 Å². The van der Waals surface area contributed by atoms with Gasteiger partial charge in [0.05, 0.1) is 7.11 Å². The lowest BCUT2D eigenvalue weighted by molar-refractivity contribution is 0.371. The largest absolute Gasteiger partial charge is 0.496 e. The van der Waals surface area contributed by atoms with E-state index in [0.717, 1.165) is 17.9 Å². The van der Waals surface area contributed by atoms with Gasteiger partial charge in [0, 0.05) is 18.5 Å². The molecule has 0 radical (unpaired) electrons. The number of hydrogen-bond donors (Lipinski definition) is 0. The van der Waals surface area contributed by atoms with Gasteiger partial charge in [-0.05, 0) is 31.8 Å². The van der Waals surface area contributed by atoms with Crippen LogP contribution in [0.2, 0.25) is 0 Å². The number of nitrogens with zero attached hydrogens (tertiary/aromatic N) is 1. The fourth-order valence-corrected chi connectivity index (χ4v) is 1.52. The molecule has 0 atom stereocenters. The summed E-state index contributed by atoms with van der Waals surface area (Å²) in [6, 6.07) is 6.10. The van der Waals surface area contributed by atoms with Crippen molar-refractivity contribution in [2.75, 3.05) is 21.2 Å². The molecule has 80 valence electrons. The molecule has 0 aliphatic heterocycles. The average Bonchev–Trinajstić information content (AvgIpc) is 2.18. The fourth-order valence-electron chi connectivity index (χ4n) is 1.52. The van der Waals surface area contributed by atoms with Crippen LogP contribution in [0, 0.1) is 12.3 Å². The van der Waals surface area contributed by atoms with Gasteiger partial charge in [-0.2, -0.15) is 0 Å². The summed E-state index contributed by atoms with van der Waals surface area (Å²) in [4.78, 5) is 2.11. The van der Waals surface area contributed by atoms with Gasteiger partial charge in [-0.3, -0.25) is 0 Å². The number of benzene rings is 1. The van der Waals surface area contributed by atoms with Gasteiger partial charge in [0.15, 0.2) is 0 Å². The van der Waals surface area contributed by atoms with Gasteiger partial charge < -0.3 is 9.64 Å². The highest BCUT2D eigenvalue weighted by Crippen LogP contribution is 2.21. The first kappa shape index (κ1) is 11.6. The SMILES string of the molecule is C#CCc1ccc(OC)c(CN(C)C)c1. The molecular weight excluding hydrogens is 186 g/mol. The molecule has 0 aliphatic rings. The van der Waals surface area contributed by atoms with Gasteiger partial charge in [0.1, 0.15) is 5.75 Å². The predicted molar refractivity (Wildman–Crippen MR) is 62.9 cm³/mol. The van der Waals surface area contributed by atoms with E-state index in [2.05, 4.69) is 16.9 Å². The molecule has 0 bridgehead atoms. The maximum Gasteiger partial charge on any atom is 0.123 e. The fraction of sp³-hybridized carbons (Fsp3) is 0.385. The van der Waals surface area contributed by atoms with E-state index >= 15 is 0 Å². The van der Waals surface area contributed by atoms with Gasteiger partial charge in [-0.1, -0.05) is 6.07 Å². The Morgan fingerprint density at radius 1 is 1.40 bits per heavy atom. The molecule has 0 spiro atoms. The summed E-state index contributed by atoms with van der Waals surface area (Å²) in [7, 11) is 5.76. The van der Waals surface area contributed by atoms with Crippen LogP contribution in [0.5, 0.6) is 5.75 Å². The molecule has 0 aliphatic carbocycles. The van der Waals surface area contributed by atoms with Crippen LogP contribution in [0.15, 0.2) is 18.2 Å². The van der Waals surface area contributed by atoms with E-state index in [1.165, 1.54) is 5.56 Å². The van der Waals surface area contributed by atoms with Crippen molar-refractivity contribution < 1.29 is 4.74 Å².